The normalized spacial score (nSPS) is 39.0. The van der Waals surface area contributed by atoms with Gasteiger partial charge in [0, 0.05) is 6.04 Å². The van der Waals surface area contributed by atoms with E-state index in [0.29, 0.717) is 11.5 Å². The molecule has 1 nitrogen and oxygen atoms in total. The molecule has 0 heterocycles. The smallest absolute Gasteiger partial charge is 0.0128 e. The van der Waals surface area contributed by atoms with Gasteiger partial charge >= 0.3 is 0 Å². The van der Waals surface area contributed by atoms with Crippen LogP contribution in [0.2, 0.25) is 0 Å². The average Bonchev–Trinajstić information content (AvgIpc) is 2.57. The first-order valence-corrected chi connectivity index (χ1v) is 5.88. The van der Waals surface area contributed by atoms with Gasteiger partial charge in [0.1, 0.15) is 0 Å². The summed E-state index contributed by atoms with van der Waals surface area (Å²) in [5.41, 5.74) is 6.52. The van der Waals surface area contributed by atoms with E-state index in [1.54, 1.807) is 0 Å². The second-order valence-corrected chi connectivity index (χ2v) is 5.69. The van der Waals surface area contributed by atoms with Crippen molar-refractivity contribution in [3.05, 3.63) is 0 Å². The lowest BCUT2D eigenvalue weighted by Gasteiger charge is -2.21. The van der Waals surface area contributed by atoms with Crippen LogP contribution in [0.15, 0.2) is 0 Å². The Bertz CT molecular complexity index is 180. The molecule has 76 valence electrons. The Morgan fingerprint density at radius 3 is 2.15 bits per heavy atom. The molecule has 0 radical (unpaired) electrons. The highest BCUT2D eigenvalue weighted by Crippen LogP contribution is 2.54. The number of hydrogen-bond acceptors (Lipinski definition) is 1. The maximum absolute atomic E-state index is 6.06. The van der Waals surface area contributed by atoms with E-state index in [1.165, 1.54) is 38.5 Å². The van der Waals surface area contributed by atoms with E-state index in [1.807, 2.05) is 0 Å². The van der Waals surface area contributed by atoms with Crippen molar-refractivity contribution in [2.45, 2.75) is 58.4 Å². The fraction of sp³-hybridized carbons (Fsp3) is 1.00. The molecule has 0 bridgehead atoms. The Kier molecular flexibility index (Phi) is 2.39. The Labute approximate surface area is 82.1 Å². The van der Waals surface area contributed by atoms with Crippen LogP contribution in [0.3, 0.4) is 0 Å². The highest BCUT2D eigenvalue weighted by molar-refractivity contribution is 5.09. The third-order valence-electron chi connectivity index (χ3n) is 4.45. The summed E-state index contributed by atoms with van der Waals surface area (Å²) >= 11 is 0. The molecule has 13 heavy (non-hydrogen) atoms. The number of hydrogen-bond donors (Lipinski definition) is 1. The molecule has 0 aromatic carbocycles. The minimum Gasteiger partial charge on any atom is -0.327 e. The van der Waals surface area contributed by atoms with Gasteiger partial charge in [0.15, 0.2) is 0 Å². The number of rotatable bonds is 2. The lowest BCUT2D eigenvalue weighted by Crippen LogP contribution is -2.10. The van der Waals surface area contributed by atoms with Crippen molar-refractivity contribution in [1.29, 1.82) is 0 Å². The zero-order chi connectivity index (χ0) is 9.47. The van der Waals surface area contributed by atoms with Crippen molar-refractivity contribution >= 4 is 0 Å². The average molecular weight is 181 g/mol. The molecule has 0 aromatic heterocycles. The Hall–Kier alpha value is -0.0400. The molecule has 2 aliphatic carbocycles. The first-order valence-electron chi connectivity index (χ1n) is 5.88. The third-order valence-corrected chi connectivity index (χ3v) is 4.45. The van der Waals surface area contributed by atoms with Crippen LogP contribution in [0.25, 0.3) is 0 Å². The molecular weight excluding hydrogens is 158 g/mol. The van der Waals surface area contributed by atoms with Crippen molar-refractivity contribution < 1.29 is 0 Å². The largest absolute Gasteiger partial charge is 0.327 e. The van der Waals surface area contributed by atoms with E-state index >= 15 is 0 Å². The van der Waals surface area contributed by atoms with E-state index in [0.717, 1.165) is 11.8 Å². The second kappa shape index (κ2) is 3.27. The molecule has 2 rings (SSSR count). The summed E-state index contributed by atoms with van der Waals surface area (Å²) in [6.07, 6.45) is 8.75. The van der Waals surface area contributed by atoms with Gasteiger partial charge in [0.25, 0.3) is 0 Å². The van der Waals surface area contributed by atoms with Crippen molar-refractivity contribution in [2.24, 2.45) is 23.0 Å². The molecular formula is C12H23N. The van der Waals surface area contributed by atoms with Gasteiger partial charge < -0.3 is 5.73 Å². The van der Waals surface area contributed by atoms with E-state index in [9.17, 15) is 0 Å². The van der Waals surface area contributed by atoms with Gasteiger partial charge in [-0.25, -0.2) is 0 Å². The molecule has 0 unspecified atom stereocenters. The molecule has 2 saturated carbocycles. The zero-order valence-electron chi connectivity index (χ0n) is 9.05. The second-order valence-electron chi connectivity index (χ2n) is 5.69. The quantitative estimate of drug-likeness (QED) is 0.696. The first-order chi connectivity index (χ1) is 6.12. The van der Waals surface area contributed by atoms with Gasteiger partial charge in [-0.05, 0) is 23.7 Å². The van der Waals surface area contributed by atoms with E-state index in [-0.39, 0.29) is 0 Å². The van der Waals surface area contributed by atoms with Crippen LogP contribution in [-0.2, 0) is 0 Å². The fourth-order valence-electron chi connectivity index (χ4n) is 3.02. The topological polar surface area (TPSA) is 26.0 Å². The minimum absolute atomic E-state index is 0.456. The monoisotopic (exact) mass is 181 g/mol. The summed E-state index contributed by atoms with van der Waals surface area (Å²) in [5.74, 6) is 1.84. The summed E-state index contributed by atoms with van der Waals surface area (Å²) in [5, 5.41) is 0. The lowest BCUT2D eigenvalue weighted by atomic mass is 9.84. The summed E-state index contributed by atoms with van der Waals surface area (Å²) in [6.45, 7) is 4.65. The van der Waals surface area contributed by atoms with Gasteiger partial charge in [-0.2, -0.15) is 0 Å². The Morgan fingerprint density at radius 1 is 1.15 bits per heavy atom. The molecule has 2 N–H and O–H groups in total. The molecule has 0 aromatic rings. The SMILES string of the molecule is CC1(C)[C@@H](N)[C@@H]1CC1CCCCC1. The maximum atomic E-state index is 6.06. The molecule has 1 heteroatoms. The molecule has 0 spiro atoms. The van der Waals surface area contributed by atoms with Crippen molar-refractivity contribution in [3.63, 3.8) is 0 Å². The standard InChI is InChI=1S/C12H23N/c1-12(2)10(11(12)13)8-9-6-4-3-5-7-9/h9-11H,3-8,13H2,1-2H3/t10-,11-/m0/s1. The molecule has 2 fully saturated rings. The maximum Gasteiger partial charge on any atom is 0.0128 e. The molecule has 0 aliphatic heterocycles. The van der Waals surface area contributed by atoms with E-state index in [4.69, 9.17) is 5.73 Å². The summed E-state index contributed by atoms with van der Waals surface area (Å²) < 4.78 is 0. The van der Waals surface area contributed by atoms with Crippen molar-refractivity contribution in [1.82, 2.24) is 0 Å². The van der Waals surface area contributed by atoms with Crippen LogP contribution in [0, 0.1) is 17.3 Å². The van der Waals surface area contributed by atoms with Crippen LogP contribution in [0.5, 0.6) is 0 Å². The third kappa shape index (κ3) is 1.76. The van der Waals surface area contributed by atoms with Crippen LogP contribution in [0.1, 0.15) is 52.4 Å². The van der Waals surface area contributed by atoms with Crippen LogP contribution < -0.4 is 5.73 Å². The van der Waals surface area contributed by atoms with Crippen molar-refractivity contribution in [2.75, 3.05) is 0 Å². The predicted molar refractivity (Wildman–Crippen MR) is 56.4 cm³/mol. The Morgan fingerprint density at radius 2 is 1.69 bits per heavy atom. The van der Waals surface area contributed by atoms with Gasteiger partial charge in [-0.3, -0.25) is 0 Å². The van der Waals surface area contributed by atoms with Gasteiger partial charge in [-0.15, -0.1) is 0 Å². The lowest BCUT2D eigenvalue weighted by molar-refractivity contribution is 0.310. The van der Waals surface area contributed by atoms with Gasteiger partial charge in [-0.1, -0.05) is 46.0 Å². The highest BCUT2D eigenvalue weighted by atomic mass is 14.8. The Balaban J connectivity index is 1.79. The summed E-state index contributed by atoms with van der Waals surface area (Å²) in [7, 11) is 0. The minimum atomic E-state index is 0.456. The highest BCUT2D eigenvalue weighted by Gasteiger charge is 2.55. The van der Waals surface area contributed by atoms with Crippen LogP contribution >= 0.6 is 0 Å². The van der Waals surface area contributed by atoms with Crippen LogP contribution in [0.4, 0.5) is 0 Å². The molecule has 2 atom stereocenters. The van der Waals surface area contributed by atoms with Crippen LogP contribution in [-0.4, -0.2) is 6.04 Å². The molecule has 2 aliphatic rings. The molecule has 0 saturated heterocycles. The summed E-state index contributed by atoms with van der Waals surface area (Å²) in [6, 6.07) is 0.495. The van der Waals surface area contributed by atoms with E-state index in [2.05, 4.69) is 13.8 Å². The van der Waals surface area contributed by atoms with Gasteiger partial charge in [0.2, 0.25) is 0 Å². The fourth-order valence-corrected chi connectivity index (χ4v) is 3.02. The summed E-state index contributed by atoms with van der Waals surface area (Å²) in [4.78, 5) is 0. The first kappa shape index (κ1) is 9.51. The zero-order valence-corrected chi connectivity index (χ0v) is 9.05. The van der Waals surface area contributed by atoms with Gasteiger partial charge in [0.05, 0.1) is 0 Å². The predicted octanol–water partition coefficient (Wildman–Crippen LogP) is 2.94. The molecule has 0 amide bonds. The van der Waals surface area contributed by atoms with Crippen molar-refractivity contribution in [3.8, 4) is 0 Å². The van der Waals surface area contributed by atoms with E-state index < -0.39 is 0 Å². The number of nitrogens with two attached hydrogens (primary N) is 1.